The zero-order chi connectivity index (χ0) is 52.3. The number of halogens is 7. The molecule has 2 aliphatic heterocycles. The number of ether oxygens (including phenoxy) is 4. The van der Waals surface area contributed by atoms with Gasteiger partial charge in [-0.1, -0.05) is 53.0 Å². The van der Waals surface area contributed by atoms with Crippen LogP contribution in [0.15, 0.2) is 103 Å². The minimum absolute atomic E-state index is 0. The highest BCUT2D eigenvalue weighted by Crippen LogP contribution is 2.40. The summed E-state index contributed by atoms with van der Waals surface area (Å²) in [6.07, 6.45) is -6.92. The summed E-state index contributed by atoms with van der Waals surface area (Å²) in [5.74, 6) is 0.0195. The number of Topliss-reactive ketones (excluding diaryl/α,β-unsaturated/α-hetero) is 2. The Labute approximate surface area is 433 Å². The van der Waals surface area contributed by atoms with Gasteiger partial charge in [-0.15, -0.1) is 0 Å². The van der Waals surface area contributed by atoms with Gasteiger partial charge in [0.1, 0.15) is 17.3 Å². The number of ketones is 2. The first kappa shape index (κ1) is 58.6. The Balaban J connectivity index is 0.000000270. The molecule has 4 aromatic carbocycles. The number of methoxy groups -OCH3 is 2. The lowest BCUT2D eigenvalue weighted by Crippen LogP contribution is -2.36. The number of hydrogen-bond donors (Lipinski definition) is 2. The maximum absolute atomic E-state index is 13.8. The first-order valence-electron chi connectivity index (χ1n) is 23.6. The number of benzene rings is 4. The Morgan fingerprint density at radius 2 is 1.00 bits per heavy atom. The molecule has 6 aromatic rings. The van der Waals surface area contributed by atoms with Crippen LogP contribution in [-0.4, -0.2) is 88.4 Å². The Hall–Kier alpha value is -7.25. The van der Waals surface area contributed by atoms with Gasteiger partial charge in [-0.3, -0.25) is 19.6 Å². The highest BCUT2D eigenvalue weighted by molar-refractivity contribution is 6.02. The standard InChI is InChI=1S/C27H27F4N3O3.C27H28F3N3O3.2CH4/c1-3-25(35)21-13-18(28)5-7-23(21)33-24-14-19(32-16-22(24)27(29,30)31)12-17-4-6-20(15-26(17)36-2)34-8-10-37-11-9-34;1-3-25(34)21-6-4-5-7-23(21)32-24-15-19(31-17-22(24)27(28,29)30)14-18-8-9-20(16-26(18)35-2)33-10-12-36-13-11-33;;/h4-7,13-16H,3,8-12H2,1-2H3,(H,32,33);4-9,15-17H,3,10-14H2,1-2H3,(H,31,32);2*1H4. The van der Waals surface area contributed by atoms with Crippen LogP contribution in [0.25, 0.3) is 0 Å². The van der Waals surface area contributed by atoms with Gasteiger partial charge in [0.05, 0.1) is 63.1 Å². The Morgan fingerprint density at radius 1 is 0.573 bits per heavy atom. The molecule has 0 unspecified atom stereocenters. The number of pyridine rings is 2. The molecule has 0 bridgehead atoms. The number of aromatic nitrogens is 2. The molecular weight excluding hydrogens is 986 g/mol. The number of nitrogens with one attached hydrogen (secondary N) is 2. The summed E-state index contributed by atoms with van der Waals surface area (Å²) >= 11 is 0. The third-order valence-corrected chi connectivity index (χ3v) is 12.3. The Bertz CT molecular complexity index is 2890. The minimum atomic E-state index is -4.69. The third kappa shape index (κ3) is 15.0. The number of anilines is 6. The zero-order valence-electron chi connectivity index (χ0n) is 40.7. The van der Waals surface area contributed by atoms with Crippen molar-refractivity contribution in [3.63, 3.8) is 0 Å². The highest BCUT2D eigenvalue weighted by Gasteiger charge is 2.36. The predicted molar refractivity (Wildman–Crippen MR) is 278 cm³/mol. The van der Waals surface area contributed by atoms with Crippen LogP contribution in [0.1, 0.15) is 95.9 Å². The van der Waals surface area contributed by atoms with Gasteiger partial charge in [-0.05, 0) is 54.6 Å². The van der Waals surface area contributed by atoms with Crippen LogP contribution < -0.4 is 29.9 Å². The Kier molecular flexibility index (Phi) is 20.6. The van der Waals surface area contributed by atoms with E-state index in [1.807, 2.05) is 36.4 Å². The molecule has 0 atom stereocenters. The van der Waals surface area contributed by atoms with Crippen LogP contribution >= 0.6 is 0 Å². The summed E-state index contributed by atoms with van der Waals surface area (Å²) in [7, 11) is 3.10. The maximum atomic E-state index is 13.8. The van der Waals surface area contributed by atoms with E-state index in [0.29, 0.717) is 60.6 Å². The molecule has 4 heterocycles. The normalized spacial score (nSPS) is 13.6. The number of morpholine rings is 2. The number of hydrogen-bond acceptors (Lipinski definition) is 12. The zero-order valence-corrected chi connectivity index (χ0v) is 40.7. The summed E-state index contributed by atoms with van der Waals surface area (Å²) in [6.45, 7) is 8.95. The number of carbonyl (C=O) groups excluding carboxylic acids is 2. The summed E-state index contributed by atoms with van der Waals surface area (Å²) in [5.41, 5.74) is 2.70. The average molecular weight is 1050 g/mol. The molecular formula is C56H63F7N6O6. The molecule has 2 saturated heterocycles. The van der Waals surface area contributed by atoms with E-state index in [1.165, 1.54) is 25.3 Å². The van der Waals surface area contributed by atoms with Crippen molar-refractivity contribution in [1.29, 1.82) is 0 Å². The van der Waals surface area contributed by atoms with E-state index in [9.17, 15) is 40.3 Å². The van der Waals surface area contributed by atoms with E-state index in [-0.39, 0.29) is 68.9 Å². The van der Waals surface area contributed by atoms with Crippen molar-refractivity contribution in [2.24, 2.45) is 0 Å². The summed E-state index contributed by atoms with van der Waals surface area (Å²) in [6, 6.07) is 24.1. The van der Waals surface area contributed by atoms with E-state index in [0.717, 1.165) is 73.2 Å². The topological polar surface area (TPSA) is 127 Å². The number of nitrogens with zero attached hydrogens (tertiary/aromatic N) is 4. The minimum Gasteiger partial charge on any atom is -0.496 e. The van der Waals surface area contributed by atoms with Gasteiger partial charge < -0.3 is 39.4 Å². The average Bonchev–Trinajstić information content (AvgIpc) is 3.39. The molecule has 0 saturated carbocycles. The molecule has 12 nitrogen and oxygen atoms in total. The van der Waals surface area contributed by atoms with Crippen molar-refractivity contribution in [3.8, 4) is 11.5 Å². The van der Waals surface area contributed by atoms with Crippen molar-refractivity contribution < 1.29 is 59.3 Å². The predicted octanol–water partition coefficient (Wildman–Crippen LogP) is 13.2. The highest BCUT2D eigenvalue weighted by atomic mass is 19.4. The molecule has 2 aromatic heterocycles. The van der Waals surface area contributed by atoms with Crippen molar-refractivity contribution in [2.45, 2.75) is 66.7 Å². The largest absolute Gasteiger partial charge is 0.496 e. The van der Waals surface area contributed by atoms with Crippen molar-refractivity contribution in [3.05, 3.63) is 154 Å². The van der Waals surface area contributed by atoms with Gasteiger partial charge in [-0.25, -0.2) is 4.39 Å². The number of carbonyl (C=O) groups is 2. The van der Waals surface area contributed by atoms with E-state index in [2.05, 4.69) is 30.4 Å². The summed E-state index contributed by atoms with van der Waals surface area (Å²) in [4.78, 5) is 37.2. The molecule has 19 heteroatoms. The Morgan fingerprint density at radius 3 is 1.43 bits per heavy atom. The van der Waals surface area contributed by atoms with E-state index in [4.69, 9.17) is 18.9 Å². The fourth-order valence-corrected chi connectivity index (χ4v) is 8.40. The summed E-state index contributed by atoms with van der Waals surface area (Å²) in [5, 5.41) is 5.54. The number of rotatable bonds is 16. The van der Waals surface area contributed by atoms with Crippen LogP contribution in [0.3, 0.4) is 0 Å². The van der Waals surface area contributed by atoms with Gasteiger partial charge in [0.25, 0.3) is 0 Å². The SMILES string of the molecule is C.C.CCC(=O)c1cc(F)ccc1Nc1cc(Cc2ccc(N3CCOCC3)cc2OC)ncc1C(F)(F)F.CCC(=O)c1ccccc1Nc1cc(Cc2ccc(N3CCOCC3)cc2OC)ncc1C(F)(F)F. The first-order chi connectivity index (χ1) is 35.0. The van der Waals surface area contributed by atoms with Gasteiger partial charge >= 0.3 is 12.4 Å². The molecule has 0 aliphatic carbocycles. The lowest BCUT2D eigenvalue weighted by molar-refractivity contribution is -0.138. The number of para-hydroxylation sites is 1. The van der Waals surface area contributed by atoms with Gasteiger partial charge in [0.2, 0.25) is 0 Å². The van der Waals surface area contributed by atoms with Crippen LogP contribution in [-0.2, 0) is 34.7 Å². The van der Waals surface area contributed by atoms with Crippen LogP contribution in [0.2, 0.25) is 0 Å². The van der Waals surface area contributed by atoms with Crippen LogP contribution in [0.5, 0.6) is 11.5 Å². The van der Waals surface area contributed by atoms with Crippen molar-refractivity contribution in [1.82, 2.24) is 9.97 Å². The fourth-order valence-electron chi connectivity index (χ4n) is 8.40. The molecule has 0 spiro atoms. The molecule has 0 amide bonds. The van der Waals surface area contributed by atoms with Gasteiger partial charge in [0, 0.05) is 133 Å². The number of alkyl halides is 6. The quantitative estimate of drug-likeness (QED) is 0.0708. The van der Waals surface area contributed by atoms with Gasteiger partial charge in [-0.2, -0.15) is 26.3 Å². The van der Waals surface area contributed by atoms with E-state index < -0.39 is 35.1 Å². The smallest absolute Gasteiger partial charge is 0.419 e. The summed E-state index contributed by atoms with van der Waals surface area (Å²) < 4.78 is 119. The molecule has 8 rings (SSSR count). The van der Waals surface area contributed by atoms with Gasteiger partial charge in [0.15, 0.2) is 11.6 Å². The monoisotopic (exact) mass is 1050 g/mol. The molecule has 2 aliphatic rings. The lowest BCUT2D eigenvalue weighted by Gasteiger charge is -2.29. The van der Waals surface area contributed by atoms with E-state index >= 15 is 0 Å². The van der Waals surface area contributed by atoms with Crippen molar-refractivity contribution in [2.75, 3.05) is 87.3 Å². The molecule has 2 fully saturated rings. The lowest BCUT2D eigenvalue weighted by atomic mass is 10.0. The molecule has 402 valence electrons. The second kappa shape index (κ2) is 26.3. The second-order valence-electron chi connectivity index (χ2n) is 17.0. The molecule has 2 N–H and O–H groups in total. The third-order valence-electron chi connectivity index (χ3n) is 12.3. The fraction of sp³-hybridized carbons (Fsp3) is 0.357. The van der Waals surface area contributed by atoms with E-state index in [1.54, 1.807) is 45.2 Å². The second-order valence-corrected chi connectivity index (χ2v) is 17.0. The maximum Gasteiger partial charge on any atom is 0.419 e. The van der Waals surface area contributed by atoms with Crippen molar-refractivity contribution >= 4 is 45.7 Å². The van der Waals surface area contributed by atoms with Crippen LogP contribution in [0.4, 0.5) is 64.9 Å². The van der Waals surface area contributed by atoms with Crippen LogP contribution in [0, 0.1) is 5.82 Å². The first-order valence-corrected chi connectivity index (χ1v) is 23.6. The molecule has 0 radical (unpaired) electrons. The molecule has 75 heavy (non-hydrogen) atoms.